The molecule has 0 saturated carbocycles. The molecule has 0 saturated heterocycles. The lowest BCUT2D eigenvalue weighted by molar-refractivity contribution is -0.138. The van der Waals surface area contributed by atoms with Crippen molar-refractivity contribution in [2.45, 2.75) is 20.8 Å². The van der Waals surface area contributed by atoms with Gasteiger partial charge >= 0.3 is 5.97 Å². The quantitative estimate of drug-likeness (QED) is 0.596. The van der Waals surface area contributed by atoms with Gasteiger partial charge in [-0.1, -0.05) is 29.5 Å². The number of carbonyl (C=O) groups is 2. The number of aliphatic imine (C=N–C) groups is 1. The Morgan fingerprint density at radius 1 is 1.06 bits per heavy atom. The van der Waals surface area contributed by atoms with E-state index in [1.165, 1.54) is 7.11 Å². The van der Waals surface area contributed by atoms with Crippen molar-refractivity contribution < 1.29 is 28.9 Å². The minimum atomic E-state index is -0.745. The number of aliphatic hydroxyl groups is 1. The average molecular weight is 468 g/mol. The second kappa shape index (κ2) is 10.4. The Bertz CT molecular complexity index is 1180. The van der Waals surface area contributed by atoms with Gasteiger partial charge in [0.15, 0.2) is 11.5 Å². The predicted molar refractivity (Wildman–Crippen MR) is 129 cm³/mol. The molecule has 1 amide bonds. The van der Waals surface area contributed by atoms with Crippen molar-refractivity contribution in [1.82, 2.24) is 0 Å². The second-order valence-corrected chi connectivity index (χ2v) is 8.24. The maximum Gasteiger partial charge on any atom is 0.344 e. The lowest BCUT2D eigenvalue weighted by Crippen LogP contribution is -2.14. The predicted octanol–water partition coefficient (Wildman–Crippen LogP) is 5.02. The van der Waals surface area contributed by atoms with E-state index in [4.69, 9.17) is 14.2 Å². The van der Waals surface area contributed by atoms with Gasteiger partial charge in [-0.3, -0.25) is 4.79 Å². The van der Waals surface area contributed by atoms with Crippen LogP contribution in [0.3, 0.4) is 0 Å². The standard InChI is InChI=1S/C25H25NO6S/c1-6-32-25(29)21-22(27)20(13-17-12-19(31-5)18(30-4)11-15(17)3)33-24(21)26-23(28)16-9-7-14(2)8-10-16/h7-13,27H,6H2,1-5H3/b20-13-,26-24?. The van der Waals surface area contributed by atoms with Crippen LogP contribution in [0.5, 0.6) is 11.5 Å². The van der Waals surface area contributed by atoms with E-state index in [2.05, 4.69) is 4.99 Å². The second-order valence-electron chi connectivity index (χ2n) is 7.21. The molecule has 0 spiro atoms. The van der Waals surface area contributed by atoms with Crippen molar-refractivity contribution in [3.05, 3.63) is 74.9 Å². The minimum Gasteiger partial charge on any atom is -0.506 e. The molecule has 3 rings (SSSR count). The van der Waals surface area contributed by atoms with Gasteiger partial charge in [0.2, 0.25) is 0 Å². The van der Waals surface area contributed by atoms with Crippen LogP contribution < -0.4 is 9.47 Å². The van der Waals surface area contributed by atoms with Crippen molar-refractivity contribution >= 4 is 34.8 Å². The zero-order chi connectivity index (χ0) is 24.1. The topological polar surface area (TPSA) is 94.4 Å². The first-order chi connectivity index (χ1) is 15.8. The Morgan fingerprint density at radius 2 is 1.70 bits per heavy atom. The van der Waals surface area contributed by atoms with Crippen LogP contribution in [-0.4, -0.2) is 42.9 Å². The fourth-order valence-electron chi connectivity index (χ4n) is 3.14. The van der Waals surface area contributed by atoms with Gasteiger partial charge in [0.05, 0.1) is 25.7 Å². The van der Waals surface area contributed by atoms with Gasteiger partial charge in [0, 0.05) is 5.56 Å². The zero-order valence-electron chi connectivity index (χ0n) is 19.1. The first-order valence-electron chi connectivity index (χ1n) is 10.2. The summed E-state index contributed by atoms with van der Waals surface area (Å²) in [5.74, 6) is -0.450. The number of methoxy groups -OCH3 is 2. The van der Waals surface area contributed by atoms with Gasteiger partial charge in [0.1, 0.15) is 16.4 Å². The zero-order valence-corrected chi connectivity index (χ0v) is 19.9. The fraction of sp³-hybridized carbons (Fsp3) is 0.240. The Labute approximate surface area is 196 Å². The summed E-state index contributed by atoms with van der Waals surface area (Å²) in [5, 5.41) is 10.9. The van der Waals surface area contributed by atoms with E-state index in [0.717, 1.165) is 28.5 Å². The van der Waals surface area contributed by atoms with E-state index in [1.807, 2.05) is 19.9 Å². The monoisotopic (exact) mass is 467 g/mol. The maximum absolute atomic E-state index is 12.7. The number of carbonyl (C=O) groups excluding carboxylic acids is 2. The molecule has 0 aliphatic carbocycles. The molecule has 8 heteroatoms. The molecule has 0 radical (unpaired) electrons. The number of nitrogens with zero attached hydrogens (tertiary/aromatic N) is 1. The molecule has 2 aromatic carbocycles. The molecule has 1 heterocycles. The van der Waals surface area contributed by atoms with Crippen LogP contribution in [0, 0.1) is 13.8 Å². The van der Waals surface area contributed by atoms with Gasteiger partial charge < -0.3 is 19.3 Å². The summed E-state index contributed by atoms with van der Waals surface area (Å²) in [7, 11) is 3.09. The molecule has 2 aromatic rings. The van der Waals surface area contributed by atoms with Crippen molar-refractivity contribution in [2.24, 2.45) is 4.99 Å². The van der Waals surface area contributed by atoms with Gasteiger partial charge in [-0.05, 0) is 62.2 Å². The molecule has 0 aromatic heterocycles. The number of benzene rings is 2. The molecule has 0 unspecified atom stereocenters. The third kappa shape index (κ3) is 5.28. The number of ether oxygens (including phenoxy) is 3. The van der Waals surface area contributed by atoms with Crippen LogP contribution in [0.25, 0.3) is 6.08 Å². The Hall–Kier alpha value is -3.52. The summed E-state index contributed by atoms with van der Waals surface area (Å²) in [6, 6.07) is 10.5. The SMILES string of the molecule is CCOC(=O)C1=C(O)/C(=C/c2cc(OC)c(OC)cc2C)SC1=NC(=O)c1ccc(C)cc1. The van der Waals surface area contributed by atoms with Crippen LogP contribution in [0.2, 0.25) is 0 Å². The number of thioether (sulfide) groups is 1. The number of esters is 1. The van der Waals surface area contributed by atoms with E-state index in [9.17, 15) is 14.7 Å². The van der Waals surface area contributed by atoms with E-state index >= 15 is 0 Å². The molecule has 0 fully saturated rings. The summed E-state index contributed by atoms with van der Waals surface area (Å²) >= 11 is 1.03. The molecular weight excluding hydrogens is 442 g/mol. The van der Waals surface area contributed by atoms with Gasteiger partial charge in [0.25, 0.3) is 5.91 Å². The van der Waals surface area contributed by atoms with Gasteiger partial charge in [-0.25, -0.2) is 9.79 Å². The number of hydrogen-bond donors (Lipinski definition) is 1. The number of aryl methyl sites for hydroxylation is 2. The lowest BCUT2D eigenvalue weighted by atomic mass is 10.1. The molecule has 0 bridgehead atoms. The van der Waals surface area contributed by atoms with Gasteiger partial charge in [-0.15, -0.1) is 0 Å². The van der Waals surface area contributed by atoms with Crippen LogP contribution in [-0.2, 0) is 9.53 Å². The molecule has 7 nitrogen and oxygen atoms in total. The number of hydrogen-bond acceptors (Lipinski definition) is 7. The average Bonchev–Trinajstić information content (AvgIpc) is 3.09. The normalized spacial score (nSPS) is 15.8. The number of amides is 1. The number of aliphatic hydroxyl groups excluding tert-OH is 1. The van der Waals surface area contributed by atoms with Crippen LogP contribution >= 0.6 is 11.8 Å². The molecule has 172 valence electrons. The maximum atomic E-state index is 12.7. The first kappa shape index (κ1) is 24.1. The van der Waals surface area contributed by atoms with Crippen LogP contribution in [0.1, 0.15) is 34.0 Å². The van der Waals surface area contributed by atoms with E-state index in [0.29, 0.717) is 22.0 Å². The molecule has 0 atom stereocenters. The summed E-state index contributed by atoms with van der Waals surface area (Å²) in [6.07, 6.45) is 1.70. The van der Waals surface area contributed by atoms with Gasteiger partial charge in [-0.2, -0.15) is 0 Å². The van der Waals surface area contributed by atoms with E-state index in [-0.39, 0.29) is 23.0 Å². The summed E-state index contributed by atoms with van der Waals surface area (Å²) in [4.78, 5) is 29.8. The van der Waals surface area contributed by atoms with Crippen molar-refractivity contribution in [2.75, 3.05) is 20.8 Å². The fourth-order valence-corrected chi connectivity index (χ4v) is 4.14. The Kier molecular flexibility index (Phi) is 7.60. The minimum absolute atomic E-state index is 0.0842. The molecule has 1 aliphatic heterocycles. The molecule has 1 N–H and O–H groups in total. The highest BCUT2D eigenvalue weighted by Crippen LogP contribution is 2.40. The lowest BCUT2D eigenvalue weighted by Gasteiger charge is -2.11. The van der Waals surface area contributed by atoms with E-state index < -0.39 is 11.9 Å². The highest BCUT2D eigenvalue weighted by Gasteiger charge is 2.34. The summed E-state index contributed by atoms with van der Waals surface area (Å²) in [6.45, 7) is 5.58. The number of rotatable bonds is 6. The third-order valence-electron chi connectivity index (χ3n) is 4.93. The van der Waals surface area contributed by atoms with Crippen LogP contribution in [0.15, 0.2) is 57.6 Å². The molecular formula is C25H25NO6S. The Morgan fingerprint density at radius 3 is 2.30 bits per heavy atom. The largest absolute Gasteiger partial charge is 0.506 e. The summed E-state index contributed by atoms with van der Waals surface area (Å²) in [5.41, 5.74) is 2.87. The molecule has 1 aliphatic rings. The Balaban J connectivity index is 2.05. The summed E-state index contributed by atoms with van der Waals surface area (Å²) < 4.78 is 15.8. The van der Waals surface area contributed by atoms with Crippen molar-refractivity contribution in [3.8, 4) is 11.5 Å². The highest BCUT2D eigenvalue weighted by molar-refractivity contribution is 8.18. The van der Waals surface area contributed by atoms with Crippen molar-refractivity contribution in [1.29, 1.82) is 0 Å². The smallest absolute Gasteiger partial charge is 0.344 e. The molecule has 33 heavy (non-hydrogen) atoms. The third-order valence-corrected chi connectivity index (χ3v) is 5.95. The first-order valence-corrected chi connectivity index (χ1v) is 11.0. The van der Waals surface area contributed by atoms with E-state index in [1.54, 1.807) is 50.4 Å². The highest BCUT2D eigenvalue weighted by atomic mass is 32.2. The van der Waals surface area contributed by atoms with Crippen molar-refractivity contribution in [3.63, 3.8) is 0 Å². The van der Waals surface area contributed by atoms with Crippen LogP contribution in [0.4, 0.5) is 0 Å².